The number of carbonyl (C=O) groups excluding carboxylic acids is 1. The minimum atomic E-state index is -0.0872. The molecule has 2 heterocycles. The molecule has 2 aromatic heterocycles. The first-order valence-corrected chi connectivity index (χ1v) is 9.76. The molecule has 9 heteroatoms. The fraction of sp³-hybridized carbons (Fsp3) is 0.111. The summed E-state index contributed by atoms with van der Waals surface area (Å²) in [7, 11) is 1.77. The van der Waals surface area contributed by atoms with Gasteiger partial charge in [0, 0.05) is 33.5 Å². The Morgan fingerprint density at radius 1 is 1.30 bits per heavy atom. The van der Waals surface area contributed by atoms with E-state index in [0.29, 0.717) is 10.8 Å². The van der Waals surface area contributed by atoms with Crippen molar-refractivity contribution >= 4 is 50.2 Å². The second kappa shape index (κ2) is 7.53. The summed E-state index contributed by atoms with van der Waals surface area (Å²) in [6, 6.07) is 13.7. The maximum Gasteiger partial charge on any atom is 0.228 e. The molecule has 0 saturated heterocycles. The Hall–Kier alpha value is -2.65. The molecule has 0 saturated carbocycles. The molecule has 4 aromatic rings. The first-order chi connectivity index (χ1) is 13.1. The number of hydrogen-bond donors (Lipinski definition) is 2. The number of tetrazole rings is 1. The maximum absolute atomic E-state index is 12.7. The zero-order chi connectivity index (χ0) is 18.8. The van der Waals surface area contributed by atoms with E-state index in [0.717, 1.165) is 25.8 Å². The van der Waals surface area contributed by atoms with Gasteiger partial charge in [0.2, 0.25) is 11.1 Å². The molecular weight excluding hydrogens is 428 g/mol. The molecular formula is C18H15BrN6OS. The number of aromatic nitrogens is 5. The summed E-state index contributed by atoms with van der Waals surface area (Å²) in [5, 5.41) is 16.2. The summed E-state index contributed by atoms with van der Waals surface area (Å²) in [5.74, 6) is -0.0872. The Kier molecular flexibility index (Phi) is 4.95. The molecule has 0 fully saturated rings. The van der Waals surface area contributed by atoms with Crippen molar-refractivity contribution in [3.05, 3.63) is 58.7 Å². The molecule has 0 unspecified atom stereocenters. The predicted molar refractivity (Wildman–Crippen MR) is 108 cm³/mol. The largest absolute Gasteiger partial charge is 0.361 e. The molecule has 1 amide bonds. The maximum atomic E-state index is 12.7. The number of rotatable bonds is 5. The number of anilines is 1. The summed E-state index contributed by atoms with van der Waals surface area (Å²) in [4.78, 5) is 16.7. The summed E-state index contributed by atoms with van der Waals surface area (Å²) in [6.07, 6.45) is 2.16. The van der Waals surface area contributed by atoms with Gasteiger partial charge in [-0.05, 0) is 52.0 Å². The monoisotopic (exact) mass is 442 g/mol. The smallest absolute Gasteiger partial charge is 0.228 e. The Morgan fingerprint density at radius 2 is 2.15 bits per heavy atom. The molecule has 7 nitrogen and oxygen atoms in total. The molecule has 4 rings (SSSR count). The molecule has 0 atom stereocenters. The lowest BCUT2D eigenvalue weighted by Crippen LogP contribution is -2.15. The van der Waals surface area contributed by atoms with Crippen molar-refractivity contribution in [2.24, 2.45) is 7.05 Å². The average Bonchev–Trinajstić information content (AvgIpc) is 3.24. The van der Waals surface area contributed by atoms with E-state index < -0.39 is 0 Å². The van der Waals surface area contributed by atoms with Gasteiger partial charge in [0.1, 0.15) is 0 Å². The van der Waals surface area contributed by atoms with Gasteiger partial charge >= 0.3 is 0 Å². The van der Waals surface area contributed by atoms with Gasteiger partial charge in [-0.3, -0.25) is 4.79 Å². The normalized spacial score (nSPS) is 11.0. The highest BCUT2D eigenvalue weighted by Gasteiger charge is 2.14. The Labute approximate surface area is 167 Å². The number of aromatic amines is 1. The van der Waals surface area contributed by atoms with Crippen LogP contribution in [0.15, 0.2) is 63.2 Å². The molecule has 0 bridgehead atoms. The van der Waals surface area contributed by atoms with Crippen LogP contribution in [-0.4, -0.2) is 31.1 Å². The topological polar surface area (TPSA) is 88.5 Å². The SMILES string of the molecule is Cn1nnnc1Sc1ccc(Br)cc1NC(=O)Cc1c[nH]c2ccccc12. The van der Waals surface area contributed by atoms with Crippen LogP contribution >= 0.6 is 27.7 Å². The zero-order valence-electron chi connectivity index (χ0n) is 14.3. The van der Waals surface area contributed by atoms with Crippen LogP contribution in [0.25, 0.3) is 10.9 Å². The van der Waals surface area contributed by atoms with Crippen molar-refractivity contribution in [3.63, 3.8) is 0 Å². The quantitative estimate of drug-likeness (QED) is 0.490. The molecule has 27 heavy (non-hydrogen) atoms. The van der Waals surface area contributed by atoms with E-state index in [-0.39, 0.29) is 12.3 Å². The van der Waals surface area contributed by atoms with Crippen LogP contribution in [0.3, 0.4) is 0 Å². The number of nitrogens with zero attached hydrogens (tertiary/aromatic N) is 4. The van der Waals surface area contributed by atoms with Crippen molar-refractivity contribution in [2.45, 2.75) is 16.5 Å². The molecule has 136 valence electrons. The van der Waals surface area contributed by atoms with Crippen LogP contribution in [0.4, 0.5) is 5.69 Å². The van der Waals surface area contributed by atoms with E-state index in [9.17, 15) is 4.79 Å². The summed E-state index contributed by atoms with van der Waals surface area (Å²) in [5.41, 5.74) is 2.70. The first-order valence-electron chi connectivity index (χ1n) is 8.15. The van der Waals surface area contributed by atoms with Gasteiger partial charge in [0.25, 0.3) is 0 Å². The molecule has 0 aliphatic rings. The molecule has 0 spiro atoms. The van der Waals surface area contributed by atoms with Gasteiger partial charge in [0.05, 0.1) is 12.1 Å². The lowest BCUT2D eigenvalue weighted by molar-refractivity contribution is -0.115. The van der Waals surface area contributed by atoms with Gasteiger partial charge in [-0.1, -0.05) is 34.1 Å². The fourth-order valence-corrected chi connectivity index (χ4v) is 3.90. The van der Waals surface area contributed by atoms with Crippen LogP contribution in [-0.2, 0) is 18.3 Å². The van der Waals surface area contributed by atoms with Crippen LogP contribution in [0.2, 0.25) is 0 Å². The molecule has 0 aliphatic carbocycles. The van der Waals surface area contributed by atoms with Gasteiger partial charge in [-0.2, -0.15) is 0 Å². The predicted octanol–water partition coefficient (Wildman–Crippen LogP) is 3.79. The van der Waals surface area contributed by atoms with Crippen molar-refractivity contribution < 1.29 is 4.79 Å². The Balaban J connectivity index is 1.55. The van der Waals surface area contributed by atoms with Gasteiger partial charge in [0.15, 0.2) is 0 Å². The van der Waals surface area contributed by atoms with Gasteiger partial charge in [-0.15, -0.1) is 5.10 Å². The second-order valence-electron chi connectivity index (χ2n) is 5.91. The first kappa shape index (κ1) is 17.7. The van der Waals surface area contributed by atoms with E-state index >= 15 is 0 Å². The van der Waals surface area contributed by atoms with Gasteiger partial charge in [-0.25, -0.2) is 4.68 Å². The Bertz CT molecular complexity index is 1120. The number of aryl methyl sites for hydroxylation is 1. The van der Waals surface area contributed by atoms with Gasteiger partial charge < -0.3 is 10.3 Å². The van der Waals surface area contributed by atoms with Crippen LogP contribution in [0, 0.1) is 0 Å². The Morgan fingerprint density at radius 3 is 2.96 bits per heavy atom. The number of benzene rings is 2. The highest BCUT2D eigenvalue weighted by Crippen LogP contribution is 2.34. The van der Waals surface area contributed by atoms with Crippen molar-refractivity contribution in [1.29, 1.82) is 0 Å². The third-order valence-electron chi connectivity index (χ3n) is 4.02. The van der Waals surface area contributed by atoms with E-state index in [1.54, 1.807) is 11.7 Å². The lowest BCUT2D eigenvalue weighted by atomic mass is 10.1. The van der Waals surface area contributed by atoms with Crippen molar-refractivity contribution in [1.82, 2.24) is 25.2 Å². The standard InChI is InChI=1S/C18H15BrN6OS/c1-25-18(22-23-24-25)27-16-7-6-12(19)9-15(16)21-17(26)8-11-10-20-14-5-3-2-4-13(11)14/h2-7,9-10,20H,8H2,1H3,(H,21,26). The van der Waals surface area contributed by atoms with E-state index in [4.69, 9.17) is 0 Å². The molecule has 0 radical (unpaired) electrons. The van der Waals surface area contributed by atoms with E-state index in [1.807, 2.05) is 48.7 Å². The molecule has 0 aliphatic heterocycles. The zero-order valence-corrected chi connectivity index (χ0v) is 16.7. The summed E-state index contributed by atoms with van der Waals surface area (Å²) in [6.45, 7) is 0. The summed E-state index contributed by atoms with van der Waals surface area (Å²) < 4.78 is 2.47. The molecule has 2 aromatic carbocycles. The van der Waals surface area contributed by atoms with Crippen molar-refractivity contribution in [3.8, 4) is 0 Å². The number of para-hydroxylation sites is 1. The number of halogens is 1. The minimum absolute atomic E-state index is 0.0872. The van der Waals surface area contributed by atoms with Crippen LogP contribution < -0.4 is 5.32 Å². The van der Waals surface area contributed by atoms with Crippen molar-refractivity contribution in [2.75, 3.05) is 5.32 Å². The second-order valence-corrected chi connectivity index (χ2v) is 7.84. The third kappa shape index (κ3) is 3.88. The third-order valence-corrected chi connectivity index (χ3v) is 5.62. The number of fused-ring (bicyclic) bond motifs is 1. The number of amides is 1. The van der Waals surface area contributed by atoms with E-state index in [2.05, 4.69) is 41.8 Å². The van der Waals surface area contributed by atoms with Crippen LogP contribution in [0.5, 0.6) is 0 Å². The average molecular weight is 443 g/mol. The minimum Gasteiger partial charge on any atom is -0.361 e. The number of hydrogen-bond acceptors (Lipinski definition) is 5. The highest BCUT2D eigenvalue weighted by atomic mass is 79.9. The molecule has 2 N–H and O–H groups in total. The van der Waals surface area contributed by atoms with E-state index in [1.165, 1.54) is 11.8 Å². The number of nitrogens with one attached hydrogen (secondary N) is 2. The highest BCUT2D eigenvalue weighted by molar-refractivity contribution is 9.10. The number of carbonyl (C=O) groups is 1. The lowest BCUT2D eigenvalue weighted by Gasteiger charge is -2.11. The summed E-state index contributed by atoms with van der Waals surface area (Å²) >= 11 is 4.85. The fourth-order valence-electron chi connectivity index (χ4n) is 2.74. The number of H-pyrrole nitrogens is 1. The van der Waals surface area contributed by atoms with Crippen LogP contribution in [0.1, 0.15) is 5.56 Å².